The Labute approximate surface area is 141 Å². The summed E-state index contributed by atoms with van der Waals surface area (Å²) in [7, 11) is 1.15. The molecule has 0 unspecified atom stereocenters. The van der Waals surface area contributed by atoms with Crippen molar-refractivity contribution in [2.24, 2.45) is 0 Å². The van der Waals surface area contributed by atoms with Crippen LogP contribution < -0.4 is 11.0 Å². The van der Waals surface area contributed by atoms with Gasteiger partial charge in [0.1, 0.15) is 0 Å². The number of hydrogen-bond acceptors (Lipinski definition) is 5. The summed E-state index contributed by atoms with van der Waals surface area (Å²) in [6.07, 6.45) is 1.55. The van der Waals surface area contributed by atoms with Gasteiger partial charge in [0.05, 0.1) is 41.6 Å². The molecule has 0 atom stereocenters. The van der Waals surface area contributed by atoms with Crippen LogP contribution in [0.3, 0.4) is 0 Å². The second-order valence-electron chi connectivity index (χ2n) is 7.10. The minimum absolute atomic E-state index is 0.0717. The molecular weight excluding hydrogens is 307 g/mol. The number of nitrogens with zero attached hydrogens (tertiary/aromatic N) is 2. The number of benzene rings is 1. The van der Waals surface area contributed by atoms with Crippen molar-refractivity contribution in [2.45, 2.75) is 45.4 Å². The summed E-state index contributed by atoms with van der Waals surface area (Å²) >= 11 is 0. The molecule has 1 saturated heterocycles. The molecule has 0 aliphatic carbocycles. The normalized spacial score (nSPS) is 19.1. The van der Waals surface area contributed by atoms with Gasteiger partial charge in [0, 0.05) is 7.11 Å². The van der Waals surface area contributed by atoms with E-state index in [1.54, 1.807) is 24.1 Å². The fourth-order valence-corrected chi connectivity index (χ4v) is 2.65. The molecular formula is C17H23BN2O4. The highest BCUT2D eigenvalue weighted by Crippen LogP contribution is 2.36. The molecule has 128 valence electrons. The first-order valence-electron chi connectivity index (χ1n) is 8.09. The Morgan fingerprint density at radius 1 is 1.21 bits per heavy atom. The van der Waals surface area contributed by atoms with Crippen LogP contribution in [0.2, 0.25) is 0 Å². The van der Waals surface area contributed by atoms with Gasteiger partial charge >= 0.3 is 7.12 Å². The van der Waals surface area contributed by atoms with Crippen LogP contribution in [-0.4, -0.2) is 41.6 Å². The number of methoxy groups -OCH3 is 1. The molecule has 1 aliphatic rings. The summed E-state index contributed by atoms with van der Waals surface area (Å²) in [6, 6.07) is 5.52. The van der Waals surface area contributed by atoms with Crippen LogP contribution in [0.1, 0.15) is 27.7 Å². The van der Waals surface area contributed by atoms with E-state index in [4.69, 9.17) is 14.0 Å². The molecule has 2 heterocycles. The van der Waals surface area contributed by atoms with Gasteiger partial charge in [-0.2, -0.15) is 0 Å². The van der Waals surface area contributed by atoms with Crippen LogP contribution in [0.4, 0.5) is 0 Å². The van der Waals surface area contributed by atoms with Crippen LogP contribution in [0.25, 0.3) is 10.9 Å². The standard InChI is InChI=1S/C17H23BN2O4/c1-16(2)17(3,4)24-18(23-16)12-6-7-13-14(10-12)19-11-20(15(13)21)8-9-22-5/h6-7,10-11H,8-9H2,1-5H3. The van der Waals surface area contributed by atoms with Gasteiger partial charge in [0.25, 0.3) is 5.56 Å². The highest BCUT2D eigenvalue weighted by molar-refractivity contribution is 6.62. The second-order valence-corrected chi connectivity index (χ2v) is 7.10. The molecule has 0 bridgehead atoms. The van der Waals surface area contributed by atoms with Crippen molar-refractivity contribution >= 4 is 23.5 Å². The molecule has 3 rings (SSSR count). The van der Waals surface area contributed by atoms with E-state index in [2.05, 4.69) is 4.98 Å². The van der Waals surface area contributed by atoms with E-state index in [-0.39, 0.29) is 5.56 Å². The Balaban J connectivity index is 1.95. The van der Waals surface area contributed by atoms with Gasteiger partial charge in [-0.3, -0.25) is 9.36 Å². The number of hydrogen-bond donors (Lipinski definition) is 0. The van der Waals surface area contributed by atoms with Crippen molar-refractivity contribution < 1.29 is 14.0 Å². The predicted molar refractivity (Wildman–Crippen MR) is 93.6 cm³/mol. The van der Waals surface area contributed by atoms with E-state index in [0.29, 0.717) is 24.1 Å². The number of aromatic nitrogens is 2. The van der Waals surface area contributed by atoms with E-state index in [1.165, 1.54) is 0 Å². The molecule has 6 nitrogen and oxygen atoms in total. The Kier molecular flexibility index (Phi) is 4.27. The molecule has 0 spiro atoms. The molecule has 7 heteroatoms. The van der Waals surface area contributed by atoms with Crippen molar-refractivity contribution in [2.75, 3.05) is 13.7 Å². The number of fused-ring (bicyclic) bond motifs is 1. The third-order valence-corrected chi connectivity index (χ3v) is 4.91. The molecule has 1 aromatic heterocycles. The van der Waals surface area contributed by atoms with Crippen LogP contribution in [0, 0.1) is 0 Å². The summed E-state index contributed by atoms with van der Waals surface area (Å²) in [5.74, 6) is 0. The molecule has 1 aromatic carbocycles. The Bertz CT molecular complexity index is 800. The van der Waals surface area contributed by atoms with Gasteiger partial charge in [-0.15, -0.1) is 0 Å². The Morgan fingerprint density at radius 2 is 1.88 bits per heavy atom. The first kappa shape index (κ1) is 17.1. The highest BCUT2D eigenvalue weighted by atomic mass is 16.7. The van der Waals surface area contributed by atoms with E-state index in [1.807, 2.05) is 39.8 Å². The van der Waals surface area contributed by atoms with Gasteiger partial charge in [-0.25, -0.2) is 4.98 Å². The molecule has 24 heavy (non-hydrogen) atoms. The van der Waals surface area contributed by atoms with E-state index >= 15 is 0 Å². The van der Waals surface area contributed by atoms with Crippen LogP contribution in [0.15, 0.2) is 29.3 Å². The fourth-order valence-electron chi connectivity index (χ4n) is 2.65. The molecule has 0 radical (unpaired) electrons. The minimum atomic E-state index is -0.461. The lowest BCUT2D eigenvalue weighted by molar-refractivity contribution is 0.00578. The Hall–Kier alpha value is -1.70. The van der Waals surface area contributed by atoms with E-state index in [9.17, 15) is 4.79 Å². The maximum atomic E-state index is 12.5. The van der Waals surface area contributed by atoms with Crippen LogP contribution in [0.5, 0.6) is 0 Å². The highest BCUT2D eigenvalue weighted by Gasteiger charge is 2.51. The maximum Gasteiger partial charge on any atom is 0.494 e. The molecule has 2 aromatic rings. The molecule has 1 aliphatic heterocycles. The second kappa shape index (κ2) is 5.99. The van der Waals surface area contributed by atoms with Crippen molar-refractivity contribution in [1.82, 2.24) is 9.55 Å². The lowest BCUT2D eigenvalue weighted by Gasteiger charge is -2.32. The lowest BCUT2D eigenvalue weighted by atomic mass is 9.79. The summed E-state index contributed by atoms with van der Waals surface area (Å²) < 4.78 is 18.7. The summed E-state index contributed by atoms with van der Waals surface area (Å²) in [6.45, 7) is 9.01. The van der Waals surface area contributed by atoms with E-state index in [0.717, 1.165) is 5.46 Å². The van der Waals surface area contributed by atoms with Gasteiger partial charge in [-0.05, 0) is 45.3 Å². The van der Waals surface area contributed by atoms with E-state index < -0.39 is 18.3 Å². The SMILES string of the molecule is COCCn1cnc2cc(B3OC(C)(C)C(C)(C)O3)ccc2c1=O. The van der Waals surface area contributed by atoms with Gasteiger partial charge in [0.15, 0.2) is 0 Å². The average molecular weight is 330 g/mol. The largest absolute Gasteiger partial charge is 0.494 e. The van der Waals surface area contributed by atoms with Gasteiger partial charge < -0.3 is 14.0 Å². The number of ether oxygens (including phenoxy) is 1. The monoisotopic (exact) mass is 330 g/mol. The quantitative estimate of drug-likeness (QED) is 0.792. The summed E-state index contributed by atoms with van der Waals surface area (Å²) in [5, 5.41) is 0.578. The van der Waals surface area contributed by atoms with Crippen molar-refractivity contribution in [3.05, 3.63) is 34.9 Å². The average Bonchev–Trinajstić information content (AvgIpc) is 2.74. The zero-order valence-corrected chi connectivity index (χ0v) is 14.8. The van der Waals surface area contributed by atoms with Crippen LogP contribution >= 0.6 is 0 Å². The van der Waals surface area contributed by atoms with Gasteiger partial charge in [-0.1, -0.05) is 6.07 Å². The van der Waals surface area contributed by atoms with Gasteiger partial charge in [0.2, 0.25) is 0 Å². The zero-order chi connectivity index (χ0) is 17.5. The molecule has 0 saturated carbocycles. The molecule has 1 fully saturated rings. The lowest BCUT2D eigenvalue weighted by Crippen LogP contribution is -2.41. The fraction of sp³-hybridized carbons (Fsp3) is 0.529. The smallest absolute Gasteiger partial charge is 0.399 e. The molecule has 0 N–H and O–H groups in total. The first-order valence-corrected chi connectivity index (χ1v) is 8.09. The Morgan fingerprint density at radius 3 is 2.50 bits per heavy atom. The zero-order valence-electron chi connectivity index (χ0n) is 14.8. The third-order valence-electron chi connectivity index (χ3n) is 4.91. The molecule has 0 amide bonds. The summed E-state index contributed by atoms with van der Waals surface area (Å²) in [5.41, 5.74) is 0.633. The minimum Gasteiger partial charge on any atom is -0.399 e. The van der Waals surface area contributed by atoms with Crippen molar-refractivity contribution in [3.8, 4) is 0 Å². The summed E-state index contributed by atoms with van der Waals surface area (Å²) in [4.78, 5) is 16.9. The van der Waals surface area contributed by atoms with Crippen LogP contribution in [-0.2, 0) is 20.6 Å². The topological polar surface area (TPSA) is 62.6 Å². The predicted octanol–water partition coefficient (Wildman–Crippen LogP) is 1.34. The maximum absolute atomic E-state index is 12.5. The number of rotatable bonds is 4. The third kappa shape index (κ3) is 2.87. The van der Waals surface area contributed by atoms with Crippen molar-refractivity contribution in [3.63, 3.8) is 0 Å². The first-order chi connectivity index (χ1) is 11.2. The van der Waals surface area contributed by atoms with Crippen molar-refractivity contribution in [1.29, 1.82) is 0 Å².